The van der Waals surface area contributed by atoms with Gasteiger partial charge in [-0.1, -0.05) is 97.7 Å². The second kappa shape index (κ2) is 7.79. The van der Waals surface area contributed by atoms with Crippen molar-refractivity contribution in [3.8, 4) is 0 Å². The quantitative estimate of drug-likeness (QED) is 0.523. The first-order valence-corrected chi connectivity index (χ1v) is 8.86. The van der Waals surface area contributed by atoms with Crippen molar-refractivity contribution in [2.24, 2.45) is 5.92 Å². The lowest BCUT2D eigenvalue weighted by Crippen LogP contribution is -2.14. The van der Waals surface area contributed by atoms with Gasteiger partial charge in [0.15, 0.2) is 0 Å². The van der Waals surface area contributed by atoms with Crippen LogP contribution in [0.25, 0.3) is 0 Å². The maximum Gasteiger partial charge on any atom is 0.0466 e. The van der Waals surface area contributed by atoms with E-state index in [1.165, 1.54) is 23.1 Å². The maximum atomic E-state index is 3.98. The minimum Gasteiger partial charge on any atom is -0.0832 e. The molecule has 0 amide bonds. The zero-order chi connectivity index (χ0) is 15.2. The molecule has 0 fully saturated rings. The molecule has 0 radical (unpaired) electrons. The third-order valence-corrected chi connectivity index (χ3v) is 5.56. The van der Waals surface area contributed by atoms with Crippen molar-refractivity contribution in [2.75, 3.05) is 0 Å². The Morgan fingerprint density at radius 2 is 1.48 bits per heavy atom. The van der Waals surface area contributed by atoms with E-state index in [4.69, 9.17) is 0 Å². The summed E-state index contributed by atoms with van der Waals surface area (Å²) in [7, 11) is 0. The van der Waals surface area contributed by atoms with Crippen molar-refractivity contribution in [1.82, 2.24) is 0 Å². The van der Waals surface area contributed by atoms with E-state index in [1.54, 1.807) is 0 Å². The zero-order valence-electron chi connectivity index (χ0n) is 13.2. The van der Waals surface area contributed by atoms with Crippen molar-refractivity contribution in [3.05, 3.63) is 71.3 Å². The van der Waals surface area contributed by atoms with Gasteiger partial charge in [0.1, 0.15) is 0 Å². The Kier molecular flexibility index (Phi) is 6.05. The van der Waals surface area contributed by atoms with Gasteiger partial charge in [-0.2, -0.15) is 0 Å². The van der Waals surface area contributed by atoms with Crippen molar-refractivity contribution >= 4 is 15.9 Å². The molecule has 2 aromatic carbocycles. The van der Waals surface area contributed by atoms with Gasteiger partial charge in [-0.05, 0) is 29.0 Å². The van der Waals surface area contributed by atoms with E-state index in [2.05, 4.69) is 91.3 Å². The molecule has 112 valence electrons. The summed E-state index contributed by atoms with van der Waals surface area (Å²) in [5.41, 5.74) is 4.20. The lowest BCUT2D eigenvalue weighted by atomic mass is 9.81. The molecule has 0 saturated heterocycles. The van der Waals surface area contributed by atoms with Crippen LogP contribution in [0.2, 0.25) is 0 Å². The standard InChI is InChI=1S/C20H25Br/c1-4-15(3)19(17-9-7-6-8-10-17)20(21)18-13-11-16(5-2)12-14-18/h6-15,19-20H,4-5H2,1-3H3. The van der Waals surface area contributed by atoms with Gasteiger partial charge in [-0.25, -0.2) is 0 Å². The molecule has 0 heterocycles. The second-order valence-corrected chi connectivity index (χ2v) is 6.81. The third kappa shape index (κ3) is 3.97. The van der Waals surface area contributed by atoms with Crippen LogP contribution in [0.5, 0.6) is 0 Å². The van der Waals surface area contributed by atoms with Crippen LogP contribution in [0.15, 0.2) is 54.6 Å². The van der Waals surface area contributed by atoms with Crippen molar-refractivity contribution in [3.63, 3.8) is 0 Å². The molecule has 2 rings (SSSR count). The fraction of sp³-hybridized carbons (Fsp3) is 0.400. The molecule has 0 saturated carbocycles. The highest BCUT2D eigenvalue weighted by Gasteiger charge is 2.26. The summed E-state index contributed by atoms with van der Waals surface area (Å²) < 4.78 is 0. The Morgan fingerprint density at radius 3 is 2.00 bits per heavy atom. The molecule has 1 heteroatoms. The summed E-state index contributed by atoms with van der Waals surface area (Å²) in [5, 5.41) is 0. The van der Waals surface area contributed by atoms with E-state index in [0.29, 0.717) is 16.7 Å². The van der Waals surface area contributed by atoms with Crippen molar-refractivity contribution in [1.29, 1.82) is 0 Å². The predicted octanol–water partition coefficient (Wildman–Crippen LogP) is 6.51. The van der Waals surface area contributed by atoms with Gasteiger partial charge in [-0.3, -0.25) is 0 Å². The van der Waals surface area contributed by atoms with Crippen LogP contribution >= 0.6 is 15.9 Å². The van der Waals surface area contributed by atoms with Gasteiger partial charge in [0.25, 0.3) is 0 Å². The van der Waals surface area contributed by atoms with E-state index in [0.717, 1.165) is 6.42 Å². The van der Waals surface area contributed by atoms with Gasteiger partial charge in [0.05, 0.1) is 0 Å². The summed E-state index contributed by atoms with van der Waals surface area (Å²) in [6.45, 7) is 6.83. The number of hydrogen-bond acceptors (Lipinski definition) is 0. The number of halogens is 1. The molecule has 3 atom stereocenters. The average molecular weight is 345 g/mol. The first kappa shape index (κ1) is 16.3. The molecular formula is C20H25Br. The van der Waals surface area contributed by atoms with Crippen molar-refractivity contribution in [2.45, 2.75) is 44.4 Å². The number of alkyl halides is 1. The van der Waals surface area contributed by atoms with Crippen LogP contribution < -0.4 is 0 Å². The lowest BCUT2D eigenvalue weighted by Gasteiger charge is -2.29. The highest BCUT2D eigenvalue weighted by molar-refractivity contribution is 9.09. The molecule has 0 spiro atoms. The number of rotatable bonds is 6. The van der Waals surface area contributed by atoms with Crippen LogP contribution in [0.1, 0.15) is 54.6 Å². The SMILES string of the molecule is CCc1ccc(C(Br)C(c2ccccc2)C(C)CC)cc1. The molecule has 0 N–H and O–H groups in total. The number of aryl methyl sites for hydroxylation is 1. The van der Waals surface area contributed by atoms with Crippen molar-refractivity contribution < 1.29 is 0 Å². The smallest absolute Gasteiger partial charge is 0.0466 e. The van der Waals surface area contributed by atoms with Gasteiger partial charge in [0.2, 0.25) is 0 Å². The van der Waals surface area contributed by atoms with E-state index in [1.807, 2.05) is 0 Å². The summed E-state index contributed by atoms with van der Waals surface area (Å²) in [6, 6.07) is 19.9. The third-order valence-electron chi connectivity index (χ3n) is 4.46. The molecule has 3 unspecified atom stereocenters. The van der Waals surface area contributed by atoms with Gasteiger partial charge in [0, 0.05) is 10.7 Å². The molecule has 0 aliphatic rings. The molecular weight excluding hydrogens is 320 g/mol. The van der Waals surface area contributed by atoms with E-state index < -0.39 is 0 Å². The van der Waals surface area contributed by atoms with Gasteiger partial charge in [-0.15, -0.1) is 0 Å². The van der Waals surface area contributed by atoms with Crippen LogP contribution in [0.4, 0.5) is 0 Å². The van der Waals surface area contributed by atoms with Crippen LogP contribution in [-0.2, 0) is 6.42 Å². The molecule has 0 bridgehead atoms. The average Bonchev–Trinajstić information content (AvgIpc) is 2.55. The molecule has 21 heavy (non-hydrogen) atoms. The molecule has 0 aromatic heterocycles. The summed E-state index contributed by atoms with van der Waals surface area (Å²) in [6.07, 6.45) is 2.29. The minimum atomic E-state index is 0.362. The predicted molar refractivity (Wildman–Crippen MR) is 96.1 cm³/mol. The van der Waals surface area contributed by atoms with Crippen LogP contribution in [-0.4, -0.2) is 0 Å². The lowest BCUT2D eigenvalue weighted by molar-refractivity contribution is 0.440. The summed E-state index contributed by atoms with van der Waals surface area (Å²) in [4.78, 5) is 0.362. The summed E-state index contributed by atoms with van der Waals surface area (Å²) >= 11 is 3.98. The van der Waals surface area contributed by atoms with Gasteiger partial charge < -0.3 is 0 Å². The Bertz CT molecular complexity index is 530. The zero-order valence-corrected chi connectivity index (χ0v) is 14.8. The highest BCUT2D eigenvalue weighted by Crippen LogP contribution is 2.43. The number of benzene rings is 2. The molecule has 2 aromatic rings. The Balaban J connectivity index is 2.31. The fourth-order valence-corrected chi connectivity index (χ4v) is 3.99. The fourth-order valence-electron chi connectivity index (χ4n) is 2.86. The van der Waals surface area contributed by atoms with Crippen LogP contribution in [0, 0.1) is 5.92 Å². The summed E-state index contributed by atoms with van der Waals surface area (Å²) in [5.74, 6) is 1.14. The second-order valence-electron chi connectivity index (χ2n) is 5.82. The monoisotopic (exact) mass is 344 g/mol. The largest absolute Gasteiger partial charge is 0.0832 e. The van der Waals surface area contributed by atoms with Crippen LogP contribution in [0.3, 0.4) is 0 Å². The van der Waals surface area contributed by atoms with E-state index in [9.17, 15) is 0 Å². The van der Waals surface area contributed by atoms with E-state index >= 15 is 0 Å². The van der Waals surface area contributed by atoms with Gasteiger partial charge >= 0.3 is 0 Å². The maximum absolute atomic E-state index is 3.98. The Morgan fingerprint density at radius 1 is 0.857 bits per heavy atom. The highest BCUT2D eigenvalue weighted by atomic mass is 79.9. The molecule has 0 nitrogen and oxygen atoms in total. The minimum absolute atomic E-state index is 0.362. The molecule has 0 aliphatic heterocycles. The Labute approximate surface area is 137 Å². The Hall–Kier alpha value is -1.08. The normalized spacial score (nSPS) is 15.4. The molecule has 0 aliphatic carbocycles. The first-order chi connectivity index (χ1) is 10.2. The number of hydrogen-bond donors (Lipinski definition) is 0. The van der Waals surface area contributed by atoms with E-state index in [-0.39, 0.29) is 0 Å². The first-order valence-electron chi connectivity index (χ1n) is 7.95. The topological polar surface area (TPSA) is 0 Å².